The minimum Gasteiger partial charge on any atom is -0.438 e. The number of benzene rings is 2. The molecule has 1 fully saturated rings. The molecule has 1 amide bonds. The Hall–Kier alpha value is -2.40. The van der Waals surface area contributed by atoms with Gasteiger partial charge in [-0.1, -0.05) is 35.9 Å². The zero-order valence-electron chi connectivity index (χ0n) is 15.0. The first-order valence-corrected chi connectivity index (χ1v) is 9.28. The molecule has 0 saturated carbocycles. The van der Waals surface area contributed by atoms with Gasteiger partial charge in [-0.3, -0.25) is 0 Å². The van der Waals surface area contributed by atoms with Gasteiger partial charge in [0.05, 0.1) is 6.04 Å². The maximum atomic E-state index is 13.3. The van der Waals surface area contributed by atoms with Crippen molar-refractivity contribution in [2.45, 2.75) is 37.8 Å². The minimum atomic E-state index is -0.915. The van der Waals surface area contributed by atoms with Gasteiger partial charge in [0.15, 0.2) is 0 Å². The van der Waals surface area contributed by atoms with Gasteiger partial charge in [0.2, 0.25) is 0 Å². The van der Waals surface area contributed by atoms with Gasteiger partial charge in [-0.25, -0.2) is 9.18 Å². The van der Waals surface area contributed by atoms with Gasteiger partial charge in [-0.15, -0.1) is 0 Å². The largest absolute Gasteiger partial charge is 0.438 e. The standard InChI is InChI=1S/C21H21ClFNO3/c1-15(16-3-7-18(22)8-4-16)24-13-12-21(11-2-14-25,27-20(24)26)17-5-9-19(23)10-6-17/h3-10,14-15H,2,11-13H2,1H3/t15-,21+/m0/s1. The molecular weight excluding hydrogens is 369 g/mol. The Balaban J connectivity index is 1.82. The first kappa shape index (κ1) is 19.4. The molecule has 0 N–H and O–H groups in total. The third-order valence-electron chi connectivity index (χ3n) is 5.13. The van der Waals surface area contributed by atoms with Gasteiger partial charge in [-0.05, 0) is 48.7 Å². The van der Waals surface area contributed by atoms with E-state index in [-0.39, 0.29) is 18.3 Å². The van der Waals surface area contributed by atoms with Crippen molar-refractivity contribution in [3.05, 3.63) is 70.5 Å². The van der Waals surface area contributed by atoms with Crippen molar-refractivity contribution in [3.63, 3.8) is 0 Å². The van der Waals surface area contributed by atoms with Crippen molar-refractivity contribution < 1.29 is 18.7 Å². The molecule has 0 aliphatic carbocycles. The lowest BCUT2D eigenvalue weighted by molar-refractivity contribution is -0.111. The molecule has 2 aromatic rings. The molecule has 0 radical (unpaired) electrons. The summed E-state index contributed by atoms with van der Waals surface area (Å²) in [6.45, 7) is 2.40. The number of nitrogens with zero attached hydrogens (tertiary/aromatic N) is 1. The zero-order valence-corrected chi connectivity index (χ0v) is 15.8. The van der Waals surface area contributed by atoms with Crippen molar-refractivity contribution in [1.82, 2.24) is 4.90 Å². The number of cyclic esters (lactones) is 1. The molecule has 27 heavy (non-hydrogen) atoms. The molecule has 4 nitrogen and oxygen atoms in total. The SMILES string of the molecule is C[C@@H](c1ccc(Cl)cc1)N1CC[C@](CCC=O)(c2ccc(F)cc2)OC1=O. The molecule has 6 heteroatoms. The summed E-state index contributed by atoms with van der Waals surface area (Å²) < 4.78 is 19.2. The monoisotopic (exact) mass is 389 g/mol. The number of hydrogen-bond acceptors (Lipinski definition) is 3. The van der Waals surface area contributed by atoms with E-state index >= 15 is 0 Å². The quantitative estimate of drug-likeness (QED) is 0.633. The lowest BCUT2D eigenvalue weighted by Gasteiger charge is -2.43. The van der Waals surface area contributed by atoms with Crippen LogP contribution in [-0.2, 0) is 15.1 Å². The van der Waals surface area contributed by atoms with E-state index < -0.39 is 11.7 Å². The number of carbonyl (C=O) groups is 2. The summed E-state index contributed by atoms with van der Waals surface area (Å²) in [5, 5.41) is 0.636. The maximum absolute atomic E-state index is 13.3. The molecule has 3 rings (SSSR count). The van der Waals surface area contributed by atoms with Crippen LogP contribution in [-0.4, -0.2) is 23.8 Å². The Kier molecular flexibility index (Phi) is 5.80. The Morgan fingerprint density at radius 3 is 2.48 bits per heavy atom. The van der Waals surface area contributed by atoms with Gasteiger partial charge in [0.25, 0.3) is 0 Å². The number of aldehydes is 1. The van der Waals surface area contributed by atoms with E-state index in [1.165, 1.54) is 12.1 Å². The van der Waals surface area contributed by atoms with Crippen LogP contribution in [0.15, 0.2) is 48.5 Å². The normalized spacial score (nSPS) is 20.9. The molecular formula is C21H21ClFNO3. The second-order valence-corrected chi connectivity index (χ2v) is 7.18. The van der Waals surface area contributed by atoms with E-state index in [0.717, 1.165) is 11.8 Å². The fourth-order valence-electron chi connectivity index (χ4n) is 3.51. The summed E-state index contributed by atoms with van der Waals surface area (Å²) >= 11 is 5.94. The molecule has 0 aromatic heterocycles. The first-order chi connectivity index (χ1) is 12.9. The van der Waals surface area contributed by atoms with Crippen LogP contribution < -0.4 is 0 Å². The molecule has 0 unspecified atom stereocenters. The van der Waals surface area contributed by atoms with Gasteiger partial charge in [0, 0.05) is 24.4 Å². The average molecular weight is 390 g/mol. The van der Waals surface area contributed by atoms with E-state index in [9.17, 15) is 14.0 Å². The van der Waals surface area contributed by atoms with Crippen molar-refractivity contribution in [2.75, 3.05) is 6.54 Å². The summed E-state index contributed by atoms with van der Waals surface area (Å²) in [6.07, 6.45) is 1.52. The van der Waals surface area contributed by atoms with Crippen molar-refractivity contribution in [3.8, 4) is 0 Å². The van der Waals surface area contributed by atoms with Crippen LogP contribution in [0.4, 0.5) is 9.18 Å². The third-order valence-corrected chi connectivity index (χ3v) is 5.38. The lowest BCUT2D eigenvalue weighted by atomic mass is 9.84. The molecule has 1 aliphatic heterocycles. The van der Waals surface area contributed by atoms with Crippen LogP contribution in [0.3, 0.4) is 0 Å². The van der Waals surface area contributed by atoms with Crippen LogP contribution in [0.2, 0.25) is 5.02 Å². The first-order valence-electron chi connectivity index (χ1n) is 8.90. The third kappa shape index (κ3) is 4.14. The summed E-state index contributed by atoms with van der Waals surface area (Å²) in [4.78, 5) is 25.4. The van der Waals surface area contributed by atoms with Gasteiger partial charge in [0.1, 0.15) is 17.7 Å². The fourth-order valence-corrected chi connectivity index (χ4v) is 3.64. The Morgan fingerprint density at radius 1 is 1.22 bits per heavy atom. The predicted octanol–water partition coefficient (Wildman–Crippen LogP) is 5.26. The highest BCUT2D eigenvalue weighted by Crippen LogP contribution is 2.40. The highest BCUT2D eigenvalue weighted by atomic mass is 35.5. The molecule has 0 spiro atoms. The molecule has 0 bridgehead atoms. The van der Waals surface area contributed by atoms with E-state index in [2.05, 4.69) is 0 Å². The van der Waals surface area contributed by atoms with E-state index in [1.807, 2.05) is 19.1 Å². The topological polar surface area (TPSA) is 46.6 Å². The van der Waals surface area contributed by atoms with Crippen LogP contribution in [0.1, 0.15) is 43.4 Å². The summed E-state index contributed by atoms with van der Waals surface area (Å²) in [6, 6.07) is 13.1. The van der Waals surface area contributed by atoms with Gasteiger partial charge in [-0.2, -0.15) is 0 Å². The second kappa shape index (κ2) is 8.09. The van der Waals surface area contributed by atoms with Crippen LogP contribution in [0, 0.1) is 5.82 Å². The van der Waals surface area contributed by atoms with Crippen LogP contribution in [0.25, 0.3) is 0 Å². The van der Waals surface area contributed by atoms with Crippen molar-refractivity contribution in [2.24, 2.45) is 0 Å². The molecule has 2 aromatic carbocycles. The number of halogens is 2. The van der Waals surface area contributed by atoms with Crippen LogP contribution >= 0.6 is 11.6 Å². The summed E-state index contributed by atoms with van der Waals surface area (Å²) in [5.41, 5.74) is 0.749. The molecule has 142 valence electrons. The number of carbonyl (C=O) groups excluding carboxylic acids is 2. The van der Waals surface area contributed by atoms with Gasteiger partial charge >= 0.3 is 6.09 Å². The smallest absolute Gasteiger partial charge is 0.411 e. The number of amides is 1. The number of rotatable bonds is 6. The number of ether oxygens (including phenoxy) is 1. The van der Waals surface area contributed by atoms with E-state index in [4.69, 9.17) is 16.3 Å². The average Bonchev–Trinajstić information content (AvgIpc) is 2.67. The van der Waals surface area contributed by atoms with E-state index in [0.29, 0.717) is 30.0 Å². The maximum Gasteiger partial charge on any atom is 0.411 e. The fraction of sp³-hybridized carbons (Fsp3) is 0.333. The van der Waals surface area contributed by atoms with Crippen LogP contribution in [0.5, 0.6) is 0 Å². The number of hydrogen-bond donors (Lipinski definition) is 0. The Bertz CT molecular complexity index is 809. The Morgan fingerprint density at radius 2 is 1.89 bits per heavy atom. The predicted molar refractivity (Wildman–Crippen MR) is 101 cm³/mol. The molecule has 1 aliphatic rings. The molecule has 1 heterocycles. The summed E-state index contributed by atoms with van der Waals surface area (Å²) in [7, 11) is 0. The second-order valence-electron chi connectivity index (χ2n) is 6.75. The van der Waals surface area contributed by atoms with Crippen molar-refractivity contribution >= 4 is 24.0 Å². The highest BCUT2D eigenvalue weighted by molar-refractivity contribution is 6.30. The lowest BCUT2D eigenvalue weighted by Crippen LogP contribution is -2.48. The van der Waals surface area contributed by atoms with Crippen molar-refractivity contribution in [1.29, 1.82) is 0 Å². The van der Waals surface area contributed by atoms with E-state index in [1.54, 1.807) is 29.2 Å². The van der Waals surface area contributed by atoms with Gasteiger partial charge < -0.3 is 14.4 Å². The highest BCUT2D eigenvalue weighted by Gasteiger charge is 2.43. The summed E-state index contributed by atoms with van der Waals surface area (Å²) in [5.74, 6) is -0.357. The Labute approximate surface area is 162 Å². The molecule has 1 saturated heterocycles. The zero-order chi connectivity index (χ0) is 19.4. The molecule has 2 atom stereocenters. The minimum absolute atomic E-state index is 0.174.